The second-order valence-electron chi connectivity index (χ2n) is 5.16. The molecule has 100 valence electrons. The van der Waals surface area contributed by atoms with Crippen molar-refractivity contribution in [3.05, 3.63) is 0 Å². The van der Waals surface area contributed by atoms with Crippen LogP contribution in [0.2, 0.25) is 0 Å². The number of nitrogens with two attached hydrogens (primary N) is 1. The summed E-state index contributed by atoms with van der Waals surface area (Å²) in [5, 5.41) is 2.93. The van der Waals surface area contributed by atoms with E-state index in [1.807, 2.05) is 6.92 Å². The Morgan fingerprint density at radius 1 is 1.59 bits per heavy atom. The lowest BCUT2D eigenvalue weighted by molar-refractivity contribution is -0.128. The minimum atomic E-state index is -0.636. The van der Waals surface area contributed by atoms with Gasteiger partial charge in [-0.15, -0.1) is 0 Å². The van der Waals surface area contributed by atoms with Crippen LogP contribution in [0, 0.1) is 5.92 Å². The van der Waals surface area contributed by atoms with Crippen LogP contribution in [-0.2, 0) is 9.53 Å². The quantitative estimate of drug-likeness (QED) is 0.693. The maximum atomic E-state index is 12.0. The summed E-state index contributed by atoms with van der Waals surface area (Å²) in [6.07, 6.45) is 4.73. The van der Waals surface area contributed by atoms with Crippen molar-refractivity contribution >= 4 is 5.91 Å². The fourth-order valence-electron chi connectivity index (χ4n) is 2.49. The number of amides is 1. The van der Waals surface area contributed by atoms with Crippen LogP contribution in [0.3, 0.4) is 0 Å². The molecule has 17 heavy (non-hydrogen) atoms. The first-order valence-corrected chi connectivity index (χ1v) is 6.73. The molecule has 1 rings (SSSR count). The van der Waals surface area contributed by atoms with Crippen molar-refractivity contribution in [1.29, 1.82) is 0 Å². The van der Waals surface area contributed by atoms with E-state index in [9.17, 15) is 4.79 Å². The van der Waals surface area contributed by atoms with Gasteiger partial charge in [-0.3, -0.25) is 4.79 Å². The predicted octanol–water partition coefficient (Wildman–Crippen LogP) is 1.44. The minimum absolute atomic E-state index is 0.0144. The number of rotatable bonds is 6. The second kappa shape index (κ2) is 6.97. The van der Waals surface area contributed by atoms with Crippen molar-refractivity contribution in [3.8, 4) is 0 Å². The standard InChI is InChI=1S/C13H26N2O2/c1-3-17-9-5-8-15-12(16)13(14)7-4-6-11(2)10-13/h11H,3-10,14H2,1-2H3,(H,15,16). The number of carbonyl (C=O) groups is 1. The Balaban J connectivity index is 2.26. The van der Waals surface area contributed by atoms with Crippen molar-refractivity contribution in [3.63, 3.8) is 0 Å². The first-order chi connectivity index (χ1) is 8.08. The van der Waals surface area contributed by atoms with E-state index in [1.165, 1.54) is 6.42 Å². The lowest BCUT2D eigenvalue weighted by Crippen LogP contribution is -2.56. The molecule has 0 aliphatic heterocycles. The molecule has 1 saturated carbocycles. The Labute approximate surface area is 104 Å². The van der Waals surface area contributed by atoms with E-state index >= 15 is 0 Å². The van der Waals surface area contributed by atoms with E-state index in [2.05, 4.69) is 12.2 Å². The summed E-state index contributed by atoms with van der Waals surface area (Å²) in [5.41, 5.74) is 5.55. The molecule has 1 fully saturated rings. The summed E-state index contributed by atoms with van der Waals surface area (Å²) in [5.74, 6) is 0.573. The molecular weight excluding hydrogens is 216 g/mol. The Hall–Kier alpha value is -0.610. The number of carbonyl (C=O) groups excluding carboxylic acids is 1. The largest absolute Gasteiger partial charge is 0.382 e. The molecule has 0 aromatic heterocycles. The number of nitrogens with one attached hydrogen (secondary N) is 1. The van der Waals surface area contributed by atoms with E-state index in [0.717, 1.165) is 32.3 Å². The van der Waals surface area contributed by atoms with Crippen LogP contribution in [0.4, 0.5) is 0 Å². The van der Waals surface area contributed by atoms with E-state index in [1.54, 1.807) is 0 Å². The van der Waals surface area contributed by atoms with Crippen LogP contribution in [0.25, 0.3) is 0 Å². The maximum absolute atomic E-state index is 12.0. The second-order valence-corrected chi connectivity index (χ2v) is 5.16. The van der Waals surface area contributed by atoms with Crippen molar-refractivity contribution in [2.24, 2.45) is 11.7 Å². The van der Waals surface area contributed by atoms with Crippen molar-refractivity contribution in [2.75, 3.05) is 19.8 Å². The van der Waals surface area contributed by atoms with Crippen LogP contribution in [0.5, 0.6) is 0 Å². The van der Waals surface area contributed by atoms with Gasteiger partial charge in [0, 0.05) is 19.8 Å². The van der Waals surface area contributed by atoms with Crippen LogP contribution >= 0.6 is 0 Å². The Morgan fingerprint density at radius 3 is 3.00 bits per heavy atom. The molecule has 0 aromatic carbocycles. The van der Waals surface area contributed by atoms with Crippen molar-refractivity contribution < 1.29 is 9.53 Å². The van der Waals surface area contributed by atoms with Crippen LogP contribution < -0.4 is 11.1 Å². The molecular formula is C13H26N2O2. The van der Waals surface area contributed by atoms with Crippen molar-refractivity contribution in [2.45, 2.75) is 51.5 Å². The molecule has 2 atom stereocenters. The molecule has 4 nitrogen and oxygen atoms in total. The highest BCUT2D eigenvalue weighted by Gasteiger charge is 2.37. The highest BCUT2D eigenvalue weighted by atomic mass is 16.5. The molecule has 4 heteroatoms. The summed E-state index contributed by atoms with van der Waals surface area (Å²) >= 11 is 0. The Bertz CT molecular complexity index is 246. The zero-order valence-corrected chi connectivity index (χ0v) is 11.1. The normalized spacial score (nSPS) is 29.0. The lowest BCUT2D eigenvalue weighted by atomic mass is 9.76. The fraction of sp³-hybridized carbons (Fsp3) is 0.923. The van der Waals surface area contributed by atoms with Gasteiger partial charge < -0.3 is 15.8 Å². The van der Waals surface area contributed by atoms with E-state index in [0.29, 0.717) is 19.1 Å². The minimum Gasteiger partial charge on any atom is -0.382 e. The third-order valence-electron chi connectivity index (χ3n) is 3.44. The molecule has 1 amide bonds. The molecule has 0 radical (unpaired) electrons. The topological polar surface area (TPSA) is 64.3 Å². The SMILES string of the molecule is CCOCCCNC(=O)C1(N)CCCC(C)C1. The van der Waals surface area contributed by atoms with Gasteiger partial charge in [-0.2, -0.15) is 0 Å². The van der Waals surface area contributed by atoms with Gasteiger partial charge in [-0.05, 0) is 32.1 Å². The van der Waals surface area contributed by atoms with Gasteiger partial charge in [0.1, 0.15) is 0 Å². The Morgan fingerprint density at radius 2 is 2.35 bits per heavy atom. The van der Waals surface area contributed by atoms with Gasteiger partial charge in [0.15, 0.2) is 0 Å². The fourth-order valence-corrected chi connectivity index (χ4v) is 2.49. The molecule has 0 aromatic rings. The van der Waals surface area contributed by atoms with E-state index in [4.69, 9.17) is 10.5 Å². The summed E-state index contributed by atoms with van der Waals surface area (Å²) in [4.78, 5) is 12.0. The van der Waals surface area contributed by atoms with Crippen LogP contribution in [0.15, 0.2) is 0 Å². The smallest absolute Gasteiger partial charge is 0.240 e. The third-order valence-corrected chi connectivity index (χ3v) is 3.44. The lowest BCUT2D eigenvalue weighted by Gasteiger charge is -2.35. The molecule has 1 aliphatic carbocycles. The summed E-state index contributed by atoms with van der Waals surface area (Å²) in [6, 6.07) is 0. The first-order valence-electron chi connectivity index (χ1n) is 6.73. The molecule has 2 unspecified atom stereocenters. The molecule has 0 bridgehead atoms. The summed E-state index contributed by atoms with van der Waals surface area (Å²) in [6.45, 7) is 6.23. The maximum Gasteiger partial charge on any atom is 0.240 e. The van der Waals surface area contributed by atoms with Crippen LogP contribution in [0.1, 0.15) is 46.0 Å². The van der Waals surface area contributed by atoms with Gasteiger partial charge in [-0.25, -0.2) is 0 Å². The predicted molar refractivity (Wildman–Crippen MR) is 68.7 cm³/mol. The van der Waals surface area contributed by atoms with E-state index < -0.39 is 5.54 Å². The molecule has 1 aliphatic rings. The molecule has 0 heterocycles. The number of ether oxygens (including phenoxy) is 1. The molecule has 0 spiro atoms. The average molecular weight is 242 g/mol. The van der Waals surface area contributed by atoms with Gasteiger partial charge >= 0.3 is 0 Å². The first kappa shape index (κ1) is 14.5. The Kier molecular flexibility index (Phi) is 5.92. The van der Waals surface area contributed by atoms with Crippen LogP contribution in [-0.4, -0.2) is 31.2 Å². The molecule has 3 N–H and O–H groups in total. The average Bonchev–Trinajstić information content (AvgIpc) is 2.28. The zero-order valence-electron chi connectivity index (χ0n) is 11.1. The highest BCUT2D eigenvalue weighted by Crippen LogP contribution is 2.30. The number of hydrogen-bond donors (Lipinski definition) is 2. The van der Waals surface area contributed by atoms with Gasteiger partial charge in [0.05, 0.1) is 5.54 Å². The molecule has 0 saturated heterocycles. The van der Waals surface area contributed by atoms with Crippen molar-refractivity contribution in [1.82, 2.24) is 5.32 Å². The highest BCUT2D eigenvalue weighted by molar-refractivity contribution is 5.86. The van der Waals surface area contributed by atoms with Gasteiger partial charge in [0.25, 0.3) is 0 Å². The summed E-state index contributed by atoms with van der Waals surface area (Å²) < 4.78 is 5.22. The monoisotopic (exact) mass is 242 g/mol. The zero-order chi connectivity index (χ0) is 12.7. The summed E-state index contributed by atoms with van der Waals surface area (Å²) in [7, 11) is 0. The number of hydrogen-bond acceptors (Lipinski definition) is 3. The van der Waals surface area contributed by atoms with Gasteiger partial charge in [-0.1, -0.05) is 19.8 Å². The van der Waals surface area contributed by atoms with E-state index in [-0.39, 0.29) is 5.91 Å². The third kappa shape index (κ3) is 4.64. The van der Waals surface area contributed by atoms with Gasteiger partial charge in [0.2, 0.25) is 5.91 Å².